The minimum atomic E-state index is -0.450. The van der Waals surface area contributed by atoms with Gasteiger partial charge in [0.05, 0.1) is 31.8 Å². The number of benzene rings is 1. The monoisotopic (exact) mass is 438 g/mol. The number of amides is 1. The first-order chi connectivity index (χ1) is 15.6. The number of aromatic nitrogens is 4. The lowest BCUT2D eigenvalue weighted by Gasteiger charge is -2.26. The van der Waals surface area contributed by atoms with Gasteiger partial charge in [-0.25, -0.2) is 23.4 Å². The van der Waals surface area contributed by atoms with Gasteiger partial charge in [0.1, 0.15) is 12.1 Å². The van der Waals surface area contributed by atoms with Crippen LogP contribution < -0.4 is 11.4 Å². The standard InChI is InChI=1S/C22H23FN6O3/c23-12-16(13-24)14-29-22(31)28(15-25-29)20-3-1-2-19(26-20)17-4-6-18(7-5-17)21(30)27-8-10-32-11-9-27/h1-7,12,15H,8-11,13-14,24H2/b16-12+. The molecule has 0 saturated carbocycles. The van der Waals surface area contributed by atoms with E-state index in [1.807, 2.05) is 18.2 Å². The summed E-state index contributed by atoms with van der Waals surface area (Å²) in [4.78, 5) is 31.6. The fourth-order valence-corrected chi connectivity index (χ4v) is 3.39. The van der Waals surface area contributed by atoms with Crippen LogP contribution in [0.1, 0.15) is 10.4 Å². The number of nitrogens with two attached hydrogens (primary N) is 1. The van der Waals surface area contributed by atoms with Gasteiger partial charge in [0, 0.05) is 30.8 Å². The second-order valence-electron chi connectivity index (χ2n) is 7.28. The Labute approximate surface area is 183 Å². The zero-order valence-electron chi connectivity index (χ0n) is 17.4. The number of hydrogen-bond acceptors (Lipinski definition) is 6. The lowest BCUT2D eigenvalue weighted by Crippen LogP contribution is -2.40. The van der Waals surface area contributed by atoms with Crippen LogP contribution in [0.15, 0.2) is 65.5 Å². The average molecular weight is 438 g/mol. The first-order valence-electron chi connectivity index (χ1n) is 10.2. The van der Waals surface area contributed by atoms with E-state index in [0.29, 0.717) is 49.7 Å². The summed E-state index contributed by atoms with van der Waals surface area (Å²) in [5, 5.41) is 4.02. The molecule has 3 aromatic rings. The fraction of sp³-hybridized carbons (Fsp3) is 0.273. The van der Waals surface area contributed by atoms with Gasteiger partial charge in [-0.15, -0.1) is 0 Å². The van der Waals surface area contributed by atoms with Crippen LogP contribution in [-0.2, 0) is 11.3 Å². The predicted molar refractivity (Wildman–Crippen MR) is 116 cm³/mol. The van der Waals surface area contributed by atoms with E-state index in [1.54, 1.807) is 29.2 Å². The number of rotatable bonds is 6. The third-order valence-electron chi connectivity index (χ3n) is 5.21. The molecule has 0 aliphatic carbocycles. The van der Waals surface area contributed by atoms with Crippen molar-refractivity contribution in [3.8, 4) is 17.1 Å². The normalized spacial score (nSPS) is 14.6. The van der Waals surface area contributed by atoms with Crippen LogP contribution in [0.3, 0.4) is 0 Å². The van der Waals surface area contributed by atoms with Crippen LogP contribution >= 0.6 is 0 Å². The lowest BCUT2D eigenvalue weighted by atomic mass is 10.1. The Morgan fingerprint density at radius 3 is 2.59 bits per heavy atom. The molecule has 3 heterocycles. The Morgan fingerprint density at radius 2 is 1.91 bits per heavy atom. The number of morpholine rings is 1. The first kappa shape index (κ1) is 21.6. The summed E-state index contributed by atoms with van der Waals surface area (Å²) in [5.41, 5.74) is 7.30. The van der Waals surface area contributed by atoms with Gasteiger partial charge in [-0.05, 0) is 29.8 Å². The number of carbonyl (C=O) groups excluding carboxylic acids is 1. The summed E-state index contributed by atoms with van der Waals surface area (Å²) in [6.07, 6.45) is 1.72. The smallest absolute Gasteiger partial charge is 0.351 e. The highest BCUT2D eigenvalue weighted by Crippen LogP contribution is 2.20. The largest absolute Gasteiger partial charge is 0.378 e. The van der Waals surface area contributed by atoms with Gasteiger partial charge in [-0.2, -0.15) is 5.10 Å². The highest BCUT2D eigenvalue weighted by atomic mass is 19.1. The van der Waals surface area contributed by atoms with Crippen molar-refractivity contribution in [3.63, 3.8) is 0 Å². The molecule has 1 aliphatic rings. The summed E-state index contributed by atoms with van der Waals surface area (Å²) in [7, 11) is 0. The van der Waals surface area contributed by atoms with Gasteiger partial charge in [-0.1, -0.05) is 18.2 Å². The average Bonchev–Trinajstić information content (AvgIpc) is 3.22. The Kier molecular flexibility index (Phi) is 6.52. The van der Waals surface area contributed by atoms with Crippen molar-refractivity contribution in [2.75, 3.05) is 32.8 Å². The maximum absolute atomic E-state index is 12.8. The molecule has 0 atom stereocenters. The van der Waals surface area contributed by atoms with E-state index < -0.39 is 5.69 Å². The maximum atomic E-state index is 12.8. The first-order valence-corrected chi connectivity index (χ1v) is 10.2. The van der Waals surface area contributed by atoms with Crippen LogP contribution in [0.2, 0.25) is 0 Å². The van der Waals surface area contributed by atoms with Gasteiger partial charge < -0.3 is 15.4 Å². The molecule has 2 aromatic heterocycles. The SMILES string of the molecule is NC/C(=C\F)Cn1ncn(-c2cccc(-c3ccc(C(=O)N4CCOCC4)cc3)n2)c1=O. The maximum Gasteiger partial charge on any atom is 0.351 e. The number of hydrogen-bond donors (Lipinski definition) is 1. The van der Waals surface area contributed by atoms with Crippen LogP contribution in [-0.4, -0.2) is 63.0 Å². The number of pyridine rings is 1. The minimum absolute atomic E-state index is 0.00638. The quantitative estimate of drug-likeness (QED) is 0.623. The number of nitrogens with zero attached hydrogens (tertiary/aromatic N) is 5. The van der Waals surface area contributed by atoms with Crippen molar-refractivity contribution in [1.82, 2.24) is 24.2 Å². The molecule has 2 N–H and O–H groups in total. The van der Waals surface area contributed by atoms with Crippen LogP contribution in [0.4, 0.5) is 4.39 Å². The topological polar surface area (TPSA) is 108 Å². The second kappa shape index (κ2) is 9.67. The molecule has 0 radical (unpaired) electrons. The summed E-state index contributed by atoms with van der Waals surface area (Å²) in [6.45, 7) is 2.23. The molecule has 10 heteroatoms. The van der Waals surface area contributed by atoms with Crippen molar-refractivity contribution >= 4 is 5.91 Å². The zero-order valence-corrected chi connectivity index (χ0v) is 17.4. The van der Waals surface area contributed by atoms with Gasteiger partial charge in [0.2, 0.25) is 0 Å². The summed E-state index contributed by atoms with van der Waals surface area (Å²) in [6, 6.07) is 12.5. The number of carbonyl (C=O) groups is 1. The molecule has 4 rings (SSSR count). The summed E-state index contributed by atoms with van der Waals surface area (Å²) < 4.78 is 20.5. The molecule has 1 saturated heterocycles. The van der Waals surface area contributed by atoms with E-state index >= 15 is 0 Å². The molecule has 9 nitrogen and oxygen atoms in total. The van der Waals surface area contributed by atoms with E-state index in [2.05, 4.69) is 10.1 Å². The molecule has 1 fully saturated rings. The third kappa shape index (κ3) is 4.51. The van der Waals surface area contributed by atoms with Crippen LogP contribution in [0.5, 0.6) is 0 Å². The van der Waals surface area contributed by atoms with Crippen molar-refractivity contribution in [2.24, 2.45) is 5.73 Å². The van der Waals surface area contributed by atoms with E-state index in [9.17, 15) is 14.0 Å². The molecule has 1 aromatic carbocycles. The fourth-order valence-electron chi connectivity index (χ4n) is 3.39. The van der Waals surface area contributed by atoms with E-state index in [4.69, 9.17) is 10.5 Å². The van der Waals surface area contributed by atoms with E-state index in [0.717, 1.165) is 10.2 Å². The van der Waals surface area contributed by atoms with E-state index in [1.165, 1.54) is 10.9 Å². The van der Waals surface area contributed by atoms with Crippen LogP contribution in [0.25, 0.3) is 17.1 Å². The molecule has 0 spiro atoms. The van der Waals surface area contributed by atoms with Crippen molar-refractivity contribution in [1.29, 1.82) is 0 Å². The number of ether oxygens (including phenoxy) is 1. The molecular weight excluding hydrogens is 415 g/mol. The second-order valence-corrected chi connectivity index (χ2v) is 7.28. The van der Waals surface area contributed by atoms with Crippen molar-refractivity contribution in [2.45, 2.75) is 6.54 Å². The molecule has 1 aliphatic heterocycles. The minimum Gasteiger partial charge on any atom is -0.378 e. The molecular formula is C22H23FN6O3. The lowest BCUT2D eigenvalue weighted by molar-refractivity contribution is 0.0303. The molecule has 32 heavy (non-hydrogen) atoms. The predicted octanol–water partition coefficient (Wildman–Crippen LogP) is 1.38. The highest BCUT2D eigenvalue weighted by Gasteiger charge is 2.18. The Hall–Kier alpha value is -3.63. The van der Waals surface area contributed by atoms with Crippen molar-refractivity contribution in [3.05, 3.63) is 76.7 Å². The Balaban J connectivity index is 1.55. The van der Waals surface area contributed by atoms with Crippen molar-refractivity contribution < 1.29 is 13.9 Å². The molecule has 166 valence electrons. The molecule has 0 bridgehead atoms. The highest BCUT2D eigenvalue weighted by molar-refractivity contribution is 5.94. The molecule has 0 unspecified atom stereocenters. The Morgan fingerprint density at radius 1 is 1.16 bits per heavy atom. The summed E-state index contributed by atoms with van der Waals surface area (Å²) >= 11 is 0. The number of halogens is 1. The Bertz CT molecular complexity index is 1180. The zero-order chi connectivity index (χ0) is 22.5. The van der Waals surface area contributed by atoms with Crippen LogP contribution in [0, 0.1) is 0 Å². The van der Waals surface area contributed by atoms with Gasteiger partial charge in [0.15, 0.2) is 0 Å². The molecule has 1 amide bonds. The van der Waals surface area contributed by atoms with Gasteiger partial charge in [-0.3, -0.25) is 4.79 Å². The summed E-state index contributed by atoms with van der Waals surface area (Å²) in [5.74, 6) is 0.352. The van der Waals surface area contributed by atoms with E-state index in [-0.39, 0.29) is 24.6 Å². The van der Waals surface area contributed by atoms with Gasteiger partial charge in [0.25, 0.3) is 5.91 Å². The third-order valence-corrected chi connectivity index (χ3v) is 5.21. The van der Waals surface area contributed by atoms with Gasteiger partial charge >= 0.3 is 5.69 Å².